The fourth-order valence-corrected chi connectivity index (χ4v) is 2.45. The Labute approximate surface area is 166 Å². The Bertz CT molecular complexity index is 773. The van der Waals surface area contributed by atoms with Crippen LogP contribution in [0.25, 0.3) is 0 Å². The van der Waals surface area contributed by atoms with Gasteiger partial charge in [0.15, 0.2) is 0 Å². The third kappa shape index (κ3) is 6.35. The molecule has 9 heteroatoms. The van der Waals surface area contributed by atoms with Gasteiger partial charge in [0.1, 0.15) is 5.69 Å². The minimum absolute atomic E-state index is 0.116. The molecule has 0 unspecified atom stereocenters. The van der Waals surface area contributed by atoms with Crippen LogP contribution in [0, 0.1) is 10.1 Å². The van der Waals surface area contributed by atoms with Crippen molar-refractivity contribution in [2.75, 3.05) is 18.5 Å². The summed E-state index contributed by atoms with van der Waals surface area (Å²) in [7, 11) is 0. The highest BCUT2D eigenvalue weighted by Gasteiger charge is 2.18. The standard InChI is InChI=1S/C18H23BrN4O4/c1-3-5-9-26-16-8-7-14(18(22-16)27-10-6-4-2)21-17-15(23(24)25)11-13(19)12-20-17/h7-8,11-12H,3-6,9-10H2,1-2H3,(H,20,21). The zero-order valence-electron chi connectivity index (χ0n) is 15.4. The third-order valence-electron chi connectivity index (χ3n) is 3.60. The van der Waals surface area contributed by atoms with E-state index in [4.69, 9.17) is 9.47 Å². The summed E-state index contributed by atoms with van der Waals surface area (Å²) in [5, 5.41) is 14.3. The Hall–Kier alpha value is -2.42. The molecule has 0 aliphatic carbocycles. The van der Waals surface area contributed by atoms with Gasteiger partial charge in [-0.15, -0.1) is 0 Å². The van der Waals surface area contributed by atoms with Gasteiger partial charge in [-0.2, -0.15) is 4.98 Å². The van der Waals surface area contributed by atoms with E-state index in [0.29, 0.717) is 35.1 Å². The molecule has 27 heavy (non-hydrogen) atoms. The molecule has 1 N–H and O–H groups in total. The van der Waals surface area contributed by atoms with Crippen molar-refractivity contribution in [2.24, 2.45) is 0 Å². The quantitative estimate of drug-likeness (QED) is 0.290. The SMILES string of the molecule is CCCCOc1ccc(Nc2ncc(Br)cc2[N+](=O)[O-])c(OCCCC)n1. The molecule has 2 aromatic rings. The first kappa shape index (κ1) is 20.9. The highest BCUT2D eigenvalue weighted by atomic mass is 79.9. The number of nitrogens with zero attached hydrogens (tertiary/aromatic N) is 3. The summed E-state index contributed by atoms with van der Waals surface area (Å²) in [5.74, 6) is 0.903. The molecule has 0 radical (unpaired) electrons. The van der Waals surface area contributed by atoms with E-state index >= 15 is 0 Å². The van der Waals surface area contributed by atoms with E-state index in [2.05, 4.69) is 45.1 Å². The van der Waals surface area contributed by atoms with Gasteiger partial charge in [-0.25, -0.2) is 4.98 Å². The van der Waals surface area contributed by atoms with E-state index in [1.165, 1.54) is 12.3 Å². The zero-order chi connectivity index (χ0) is 19.6. The monoisotopic (exact) mass is 438 g/mol. The lowest BCUT2D eigenvalue weighted by molar-refractivity contribution is -0.384. The molecule has 2 aromatic heterocycles. The summed E-state index contributed by atoms with van der Waals surface area (Å²) < 4.78 is 11.9. The highest BCUT2D eigenvalue weighted by Crippen LogP contribution is 2.32. The van der Waals surface area contributed by atoms with Crippen LogP contribution in [0.5, 0.6) is 11.8 Å². The minimum atomic E-state index is -0.493. The van der Waals surface area contributed by atoms with Gasteiger partial charge in [0, 0.05) is 22.8 Å². The van der Waals surface area contributed by atoms with Gasteiger partial charge in [-0.1, -0.05) is 26.7 Å². The van der Waals surface area contributed by atoms with Crippen molar-refractivity contribution in [3.8, 4) is 11.8 Å². The van der Waals surface area contributed by atoms with Gasteiger partial charge >= 0.3 is 5.69 Å². The molecule has 146 valence electrons. The number of hydrogen-bond acceptors (Lipinski definition) is 7. The molecule has 2 rings (SSSR count). The number of nitrogens with one attached hydrogen (secondary N) is 1. The lowest BCUT2D eigenvalue weighted by atomic mass is 10.3. The Morgan fingerprint density at radius 2 is 1.89 bits per heavy atom. The maximum Gasteiger partial charge on any atom is 0.312 e. The molecule has 0 spiro atoms. The van der Waals surface area contributed by atoms with Gasteiger partial charge in [0.05, 0.1) is 18.1 Å². The molecule has 0 fully saturated rings. The smallest absolute Gasteiger partial charge is 0.312 e. The van der Waals surface area contributed by atoms with Crippen LogP contribution in [0.3, 0.4) is 0 Å². The summed E-state index contributed by atoms with van der Waals surface area (Å²) in [6.45, 7) is 5.22. The number of pyridine rings is 2. The molecule has 0 bridgehead atoms. The molecular formula is C18H23BrN4O4. The molecule has 0 aliphatic heterocycles. The van der Waals surface area contributed by atoms with Crippen molar-refractivity contribution in [2.45, 2.75) is 39.5 Å². The van der Waals surface area contributed by atoms with Crippen molar-refractivity contribution in [1.29, 1.82) is 0 Å². The maximum absolute atomic E-state index is 11.3. The summed E-state index contributed by atoms with van der Waals surface area (Å²) in [6.07, 6.45) is 5.30. The second-order valence-electron chi connectivity index (χ2n) is 5.81. The van der Waals surface area contributed by atoms with Crippen LogP contribution in [-0.2, 0) is 0 Å². The largest absolute Gasteiger partial charge is 0.478 e. The Morgan fingerprint density at radius 1 is 1.19 bits per heavy atom. The molecule has 0 saturated heterocycles. The number of halogens is 1. The number of hydrogen-bond donors (Lipinski definition) is 1. The number of anilines is 2. The van der Waals surface area contributed by atoms with E-state index in [9.17, 15) is 10.1 Å². The summed E-state index contributed by atoms with van der Waals surface area (Å²) in [6, 6.07) is 4.82. The van der Waals surface area contributed by atoms with E-state index in [0.717, 1.165) is 25.7 Å². The van der Waals surface area contributed by atoms with Crippen molar-refractivity contribution in [3.63, 3.8) is 0 Å². The molecule has 0 amide bonds. The fourth-order valence-electron chi connectivity index (χ4n) is 2.13. The Morgan fingerprint density at radius 3 is 2.56 bits per heavy atom. The second kappa shape index (κ2) is 10.7. The first-order chi connectivity index (χ1) is 13.0. The first-order valence-corrected chi connectivity index (χ1v) is 9.68. The van der Waals surface area contributed by atoms with Crippen LogP contribution in [0.1, 0.15) is 39.5 Å². The fraction of sp³-hybridized carbons (Fsp3) is 0.444. The molecule has 2 heterocycles. The molecule has 0 atom stereocenters. The predicted molar refractivity (Wildman–Crippen MR) is 107 cm³/mol. The normalized spacial score (nSPS) is 10.5. The summed E-state index contributed by atoms with van der Waals surface area (Å²) in [5.41, 5.74) is 0.346. The average Bonchev–Trinajstić information content (AvgIpc) is 2.65. The van der Waals surface area contributed by atoms with E-state index in [-0.39, 0.29) is 11.5 Å². The molecule has 0 aromatic carbocycles. The van der Waals surface area contributed by atoms with Gasteiger partial charge in [0.25, 0.3) is 0 Å². The van der Waals surface area contributed by atoms with E-state index in [1.807, 2.05) is 0 Å². The molecular weight excluding hydrogens is 416 g/mol. The van der Waals surface area contributed by atoms with Crippen LogP contribution >= 0.6 is 15.9 Å². The van der Waals surface area contributed by atoms with Crippen LogP contribution in [0.4, 0.5) is 17.2 Å². The lowest BCUT2D eigenvalue weighted by Gasteiger charge is -2.13. The van der Waals surface area contributed by atoms with Gasteiger partial charge < -0.3 is 14.8 Å². The topological polar surface area (TPSA) is 99.4 Å². The number of rotatable bonds is 11. The number of aromatic nitrogens is 2. The van der Waals surface area contributed by atoms with Crippen LogP contribution < -0.4 is 14.8 Å². The molecule has 8 nitrogen and oxygen atoms in total. The minimum Gasteiger partial charge on any atom is -0.478 e. The maximum atomic E-state index is 11.3. The van der Waals surface area contributed by atoms with Crippen molar-refractivity contribution < 1.29 is 14.4 Å². The Balaban J connectivity index is 2.27. The van der Waals surface area contributed by atoms with Crippen molar-refractivity contribution in [3.05, 3.63) is 39.0 Å². The average molecular weight is 439 g/mol. The summed E-state index contributed by atoms with van der Waals surface area (Å²) in [4.78, 5) is 19.3. The van der Waals surface area contributed by atoms with Gasteiger partial charge in [-0.05, 0) is 34.8 Å². The van der Waals surface area contributed by atoms with Crippen LogP contribution in [-0.4, -0.2) is 28.1 Å². The van der Waals surface area contributed by atoms with Crippen molar-refractivity contribution >= 4 is 33.1 Å². The number of ether oxygens (including phenoxy) is 2. The van der Waals surface area contributed by atoms with Gasteiger partial charge in [0.2, 0.25) is 17.6 Å². The van der Waals surface area contributed by atoms with E-state index < -0.39 is 4.92 Å². The molecule has 0 aliphatic rings. The predicted octanol–water partition coefficient (Wildman–Crippen LogP) is 5.25. The highest BCUT2D eigenvalue weighted by molar-refractivity contribution is 9.10. The van der Waals surface area contributed by atoms with Crippen LogP contribution in [0.2, 0.25) is 0 Å². The first-order valence-electron chi connectivity index (χ1n) is 8.88. The number of unbranched alkanes of at least 4 members (excludes halogenated alkanes) is 2. The molecule has 0 saturated carbocycles. The van der Waals surface area contributed by atoms with Crippen molar-refractivity contribution in [1.82, 2.24) is 9.97 Å². The summed E-state index contributed by atoms with van der Waals surface area (Å²) >= 11 is 3.20. The number of nitro groups is 1. The zero-order valence-corrected chi connectivity index (χ0v) is 17.0. The third-order valence-corrected chi connectivity index (χ3v) is 4.04. The van der Waals surface area contributed by atoms with Crippen LogP contribution in [0.15, 0.2) is 28.9 Å². The lowest BCUT2D eigenvalue weighted by Crippen LogP contribution is -2.06. The Kier molecular flexibility index (Phi) is 8.25. The van der Waals surface area contributed by atoms with E-state index in [1.54, 1.807) is 12.1 Å². The second-order valence-corrected chi connectivity index (χ2v) is 6.73. The van der Waals surface area contributed by atoms with Gasteiger partial charge in [-0.3, -0.25) is 10.1 Å².